The highest BCUT2D eigenvalue weighted by atomic mass is 19.4. The monoisotopic (exact) mass is 554 g/mol. The number of primary amides is 1. The van der Waals surface area contributed by atoms with E-state index in [1.807, 2.05) is 0 Å². The maximum atomic E-state index is 13.0. The smallest absolute Gasteiger partial charge is 0.457 e. The normalized spacial score (nSPS) is 12.1. The van der Waals surface area contributed by atoms with Crippen molar-refractivity contribution in [2.75, 3.05) is 13.2 Å². The van der Waals surface area contributed by atoms with E-state index in [9.17, 15) is 35.9 Å². The fraction of sp³-hybridized carbons (Fsp3) is 0.154. The van der Waals surface area contributed by atoms with Crippen LogP contribution >= 0.6 is 0 Å². The number of aliphatic hydroxyl groups is 1. The van der Waals surface area contributed by atoms with Crippen molar-refractivity contribution in [3.8, 4) is 17.2 Å². The lowest BCUT2D eigenvalue weighted by molar-refractivity contribution is -0.274. The van der Waals surface area contributed by atoms with Gasteiger partial charge in [-0.05, 0) is 66.2 Å². The van der Waals surface area contributed by atoms with E-state index in [0.29, 0.717) is 0 Å². The SMILES string of the molecule is NC(=O)c1ccc(Oc2ccc(C(F)(F)F)cc2)cc1/C(=C/c1ccc(OC(F)(F)F)cc1)C(=O)NCCO. The first-order valence-electron chi connectivity index (χ1n) is 11.0. The zero-order valence-electron chi connectivity index (χ0n) is 19.8. The first-order chi connectivity index (χ1) is 18.3. The molecule has 0 aliphatic heterocycles. The van der Waals surface area contributed by atoms with Crippen molar-refractivity contribution in [2.45, 2.75) is 12.5 Å². The average molecular weight is 554 g/mol. The van der Waals surface area contributed by atoms with Crippen LogP contribution in [0.3, 0.4) is 0 Å². The van der Waals surface area contributed by atoms with Crippen LogP contribution in [0.4, 0.5) is 26.3 Å². The highest BCUT2D eigenvalue weighted by molar-refractivity contribution is 6.26. The van der Waals surface area contributed by atoms with E-state index in [-0.39, 0.29) is 40.3 Å². The molecule has 0 heterocycles. The lowest BCUT2D eigenvalue weighted by Gasteiger charge is -2.15. The predicted octanol–water partition coefficient (Wildman–Crippen LogP) is 5.14. The topological polar surface area (TPSA) is 111 Å². The number of halogens is 6. The molecule has 0 atom stereocenters. The van der Waals surface area contributed by atoms with Crippen LogP contribution in [0.5, 0.6) is 17.2 Å². The number of carbonyl (C=O) groups excluding carboxylic acids is 2. The third-order valence-corrected chi connectivity index (χ3v) is 5.03. The second-order valence-corrected chi connectivity index (χ2v) is 7.85. The Bertz CT molecular complexity index is 1350. The molecule has 0 saturated heterocycles. The number of nitrogens with two attached hydrogens (primary N) is 1. The Morgan fingerprint density at radius 1 is 0.846 bits per heavy atom. The Balaban J connectivity index is 2.04. The van der Waals surface area contributed by atoms with Crippen molar-refractivity contribution in [3.05, 3.63) is 89.0 Å². The molecule has 2 amide bonds. The van der Waals surface area contributed by atoms with Gasteiger partial charge in [0.05, 0.1) is 12.2 Å². The van der Waals surface area contributed by atoms with Crippen molar-refractivity contribution in [1.29, 1.82) is 0 Å². The molecule has 3 aromatic carbocycles. The Kier molecular flexibility index (Phi) is 8.86. The zero-order chi connectivity index (χ0) is 28.8. The average Bonchev–Trinajstić information content (AvgIpc) is 2.85. The molecule has 39 heavy (non-hydrogen) atoms. The third kappa shape index (κ3) is 8.23. The van der Waals surface area contributed by atoms with Crippen molar-refractivity contribution in [2.24, 2.45) is 5.73 Å². The van der Waals surface area contributed by atoms with Gasteiger partial charge in [0, 0.05) is 23.2 Å². The van der Waals surface area contributed by atoms with E-state index in [2.05, 4.69) is 10.1 Å². The molecule has 0 unspecified atom stereocenters. The zero-order valence-corrected chi connectivity index (χ0v) is 19.8. The van der Waals surface area contributed by atoms with Gasteiger partial charge in [0.15, 0.2) is 0 Å². The molecule has 0 radical (unpaired) electrons. The van der Waals surface area contributed by atoms with Gasteiger partial charge in [-0.3, -0.25) is 9.59 Å². The minimum atomic E-state index is -4.91. The minimum absolute atomic E-state index is 0.0243. The van der Waals surface area contributed by atoms with Crippen molar-refractivity contribution in [3.63, 3.8) is 0 Å². The number of nitrogens with one attached hydrogen (secondary N) is 1. The maximum Gasteiger partial charge on any atom is 0.573 e. The predicted molar refractivity (Wildman–Crippen MR) is 128 cm³/mol. The summed E-state index contributed by atoms with van der Waals surface area (Å²) in [4.78, 5) is 25.1. The molecular weight excluding hydrogens is 534 g/mol. The summed E-state index contributed by atoms with van der Waals surface area (Å²) in [5.41, 5.74) is 4.49. The van der Waals surface area contributed by atoms with Crippen LogP contribution in [0.2, 0.25) is 0 Å². The van der Waals surface area contributed by atoms with Gasteiger partial charge in [-0.2, -0.15) is 13.2 Å². The number of ether oxygens (including phenoxy) is 2. The van der Waals surface area contributed by atoms with Gasteiger partial charge in [0.1, 0.15) is 17.2 Å². The molecule has 4 N–H and O–H groups in total. The second-order valence-electron chi connectivity index (χ2n) is 7.85. The molecule has 3 aromatic rings. The molecule has 0 aromatic heterocycles. The second kappa shape index (κ2) is 11.9. The third-order valence-electron chi connectivity index (χ3n) is 5.03. The van der Waals surface area contributed by atoms with E-state index in [1.165, 1.54) is 36.4 Å². The van der Waals surface area contributed by atoms with Crippen LogP contribution in [-0.2, 0) is 11.0 Å². The molecule has 0 bridgehead atoms. The summed E-state index contributed by atoms with van der Waals surface area (Å²) >= 11 is 0. The standard InChI is InChI=1S/C26H20F6N2O5/c27-25(28,29)16-3-7-17(8-4-16)38-19-9-10-20(23(33)36)21(14-19)22(24(37)34-11-12-35)13-15-1-5-18(6-2-15)39-26(30,31)32/h1-10,13-14,35H,11-12H2,(H2,33,36)(H,34,37)/b22-13-. The van der Waals surface area contributed by atoms with Crippen LogP contribution in [-0.4, -0.2) is 36.4 Å². The Morgan fingerprint density at radius 2 is 1.44 bits per heavy atom. The van der Waals surface area contributed by atoms with Gasteiger partial charge in [0.2, 0.25) is 5.91 Å². The van der Waals surface area contributed by atoms with E-state index in [4.69, 9.17) is 15.6 Å². The van der Waals surface area contributed by atoms with Crippen molar-refractivity contribution in [1.82, 2.24) is 5.32 Å². The van der Waals surface area contributed by atoms with Gasteiger partial charge in [-0.15, -0.1) is 13.2 Å². The van der Waals surface area contributed by atoms with Crippen LogP contribution in [0.15, 0.2) is 66.7 Å². The molecule has 3 rings (SSSR count). The van der Waals surface area contributed by atoms with Gasteiger partial charge >= 0.3 is 12.5 Å². The minimum Gasteiger partial charge on any atom is -0.457 e. The highest BCUT2D eigenvalue weighted by Crippen LogP contribution is 2.33. The summed E-state index contributed by atoms with van der Waals surface area (Å²) in [6, 6.07) is 12.1. The van der Waals surface area contributed by atoms with Crippen molar-refractivity contribution < 1.29 is 50.5 Å². The van der Waals surface area contributed by atoms with Gasteiger partial charge in [0.25, 0.3) is 5.91 Å². The van der Waals surface area contributed by atoms with Crippen LogP contribution in [0, 0.1) is 0 Å². The molecule has 13 heteroatoms. The number of hydrogen-bond donors (Lipinski definition) is 3. The van der Waals surface area contributed by atoms with Crippen LogP contribution < -0.4 is 20.5 Å². The summed E-state index contributed by atoms with van der Waals surface area (Å²) < 4.78 is 85.4. The number of benzene rings is 3. The Hall–Kier alpha value is -4.52. The fourth-order valence-electron chi connectivity index (χ4n) is 3.34. The molecule has 206 valence electrons. The number of rotatable bonds is 9. The van der Waals surface area contributed by atoms with E-state index in [1.54, 1.807) is 0 Å². The number of aliphatic hydroxyl groups excluding tert-OH is 1. The number of hydrogen-bond acceptors (Lipinski definition) is 5. The first kappa shape index (κ1) is 29.0. The number of amides is 2. The largest absolute Gasteiger partial charge is 0.573 e. The molecule has 0 fully saturated rings. The lowest BCUT2D eigenvalue weighted by atomic mass is 9.96. The molecule has 0 aliphatic rings. The molecule has 7 nitrogen and oxygen atoms in total. The molecular formula is C26H20F6N2O5. The molecule has 0 spiro atoms. The Labute approximate surface area is 217 Å². The summed E-state index contributed by atoms with van der Waals surface area (Å²) in [5, 5.41) is 11.5. The quantitative estimate of drug-likeness (QED) is 0.193. The number of carbonyl (C=O) groups is 2. The molecule has 0 saturated carbocycles. The van der Waals surface area contributed by atoms with Crippen LogP contribution in [0.1, 0.15) is 27.0 Å². The van der Waals surface area contributed by atoms with Gasteiger partial charge in [-0.1, -0.05) is 12.1 Å². The molecule has 0 aliphatic carbocycles. The van der Waals surface area contributed by atoms with Crippen LogP contribution in [0.25, 0.3) is 11.6 Å². The van der Waals surface area contributed by atoms with E-state index in [0.717, 1.165) is 36.4 Å². The maximum absolute atomic E-state index is 13.0. The lowest BCUT2D eigenvalue weighted by Crippen LogP contribution is -2.28. The first-order valence-corrected chi connectivity index (χ1v) is 11.0. The highest BCUT2D eigenvalue weighted by Gasteiger charge is 2.31. The van der Waals surface area contributed by atoms with Crippen molar-refractivity contribution >= 4 is 23.5 Å². The van der Waals surface area contributed by atoms with E-state index >= 15 is 0 Å². The van der Waals surface area contributed by atoms with E-state index < -0.39 is 42.3 Å². The van der Waals surface area contributed by atoms with Gasteiger partial charge in [-0.25, -0.2) is 0 Å². The summed E-state index contributed by atoms with van der Waals surface area (Å²) in [7, 11) is 0. The summed E-state index contributed by atoms with van der Waals surface area (Å²) in [6.45, 7) is -0.579. The van der Waals surface area contributed by atoms with Gasteiger partial charge < -0.3 is 25.6 Å². The fourth-order valence-corrected chi connectivity index (χ4v) is 3.34. The summed E-state index contributed by atoms with van der Waals surface area (Å²) in [6.07, 6.45) is -8.20. The number of alkyl halides is 6. The Morgan fingerprint density at radius 3 is 1.97 bits per heavy atom. The summed E-state index contributed by atoms with van der Waals surface area (Å²) in [5.74, 6) is -2.15.